The molecular weight excluding hydrogens is 338 g/mol. The molecule has 1 aliphatic rings. The molecule has 27 heavy (non-hydrogen) atoms. The van der Waals surface area contributed by atoms with Crippen LogP contribution >= 0.6 is 0 Å². The standard InChI is InChI=1S/C21H23N5O/c1-15-5-4-6-17(23-15)14-26-12-3-2-7-19(26)18-13-20(27)25-21(24-18)16-8-10-22-11-9-16/h4-6,8-11,13,19H,2-3,7,12,14H2,1H3,(H,24,25,27). The number of aromatic amines is 1. The van der Waals surface area contributed by atoms with Crippen LogP contribution in [0.4, 0.5) is 0 Å². The minimum absolute atomic E-state index is 0.119. The van der Waals surface area contributed by atoms with Crippen molar-refractivity contribution < 1.29 is 0 Å². The molecule has 4 heterocycles. The number of pyridine rings is 2. The third kappa shape index (κ3) is 4.11. The van der Waals surface area contributed by atoms with Gasteiger partial charge in [0.1, 0.15) is 5.82 Å². The van der Waals surface area contributed by atoms with Crippen LogP contribution in [0, 0.1) is 6.92 Å². The summed E-state index contributed by atoms with van der Waals surface area (Å²) in [6.07, 6.45) is 6.71. The SMILES string of the molecule is Cc1cccc(CN2CCCCC2c2cc(=O)[nH]c(-c3ccncc3)n2)n1. The van der Waals surface area contributed by atoms with E-state index in [0.717, 1.165) is 55.0 Å². The number of H-pyrrole nitrogens is 1. The molecule has 1 unspecified atom stereocenters. The van der Waals surface area contributed by atoms with E-state index in [2.05, 4.69) is 25.9 Å². The maximum atomic E-state index is 12.3. The number of nitrogens with zero attached hydrogens (tertiary/aromatic N) is 4. The Morgan fingerprint density at radius 1 is 1.15 bits per heavy atom. The first kappa shape index (κ1) is 17.5. The lowest BCUT2D eigenvalue weighted by Crippen LogP contribution is -2.34. The minimum atomic E-state index is -0.119. The average molecular weight is 361 g/mol. The topological polar surface area (TPSA) is 74.8 Å². The quantitative estimate of drug-likeness (QED) is 0.772. The van der Waals surface area contributed by atoms with Crippen LogP contribution in [0.5, 0.6) is 0 Å². The summed E-state index contributed by atoms with van der Waals surface area (Å²) in [5, 5.41) is 0. The molecule has 3 aromatic rings. The molecule has 6 heteroatoms. The van der Waals surface area contributed by atoms with Crippen molar-refractivity contribution in [2.24, 2.45) is 0 Å². The molecule has 1 saturated heterocycles. The predicted octanol–water partition coefficient (Wildman–Crippen LogP) is 3.26. The van der Waals surface area contributed by atoms with Gasteiger partial charge in [-0.2, -0.15) is 0 Å². The zero-order chi connectivity index (χ0) is 18.6. The number of piperidine rings is 1. The molecule has 3 aromatic heterocycles. The van der Waals surface area contributed by atoms with E-state index in [9.17, 15) is 4.79 Å². The van der Waals surface area contributed by atoms with Gasteiger partial charge < -0.3 is 4.98 Å². The van der Waals surface area contributed by atoms with Gasteiger partial charge in [0, 0.05) is 36.3 Å². The zero-order valence-electron chi connectivity index (χ0n) is 15.4. The predicted molar refractivity (Wildman–Crippen MR) is 104 cm³/mol. The highest BCUT2D eigenvalue weighted by atomic mass is 16.1. The Morgan fingerprint density at radius 3 is 2.81 bits per heavy atom. The van der Waals surface area contributed by atoms with E-state index in [4.69, 9.17) is 4.98 Å². The van der Waals surface area contributed by atoms with Crippen molar-refractivity contribution in [3.05, 3.63) is 76.2 Å². The van der Waals surface area contributed by atoms with Crippen molar-refractivity contribution in [2.45, 2.75) is 38.8 Å². The van der Waals surface area contributed by atoms with Crippen molar-refractivity contribution in [2.75, 3.05) is 6.54 Å². The summed E-state index contributed by atoms with van der Waals surface area (Å²) in [5.74, 6) is 0.596. The van der Waals surface area contributed by atoms with Gasteiger partial charge in [0.25, 0.3) is 5.56 Å². The van der Waals surface area contributed by atoms with Crippen LogP contribution < -0.4 is 5.56 Å². The number of aromatic nitrogens is 4. The minimum Gasteiger partial charge on any atom is -0.307 e. The Morgan fingerprint density at radius 2 is 2.00 bits per heavy atom. The first-order valence-corrected chi connectivity index (χ1v) is 9.37. The second kappa shape index (κ2) is 7.80. The zero-order valence-corrected chi connectivity index (χ0v) is 15.4. The smallest absolute Gasteiger partial charge is 0.251 e. The molecule has 0 bridgehead atoms. The van der Waals surface area contributed by atoms with E-state index in [-0.39, 0.29) is 11.6 Å². The Hall–Kier alpha value is -2.86. The van der Waals surface area contributed by atoms with Crippen molar-refractivity contribution in [1.82, 2.24) is 24.8 Å². The largest absolute Gasteiger partial charge is 0.307 e. The van der Waals surface area contributed by atoms with E-state index in [1.165, 1.54) is 0 Å². The van der Waals surface area contributed by atoms with E-state index < -0.39 is 0 Å². The fourth-order valence-corrected chi connectivity index (χ4v) is 3.70. The Labute approximate surface area is 158 Å². The van der Waals surface area contributed by atoms with Crippen molar-refractivity contribution >= 4 is 0 Å². The first-order valence-electron chi connectivity index (χ1n) is 9.37. The summed E-state index contributed by atoms with van der Waals surface area (Å²) in [6.45, 7) is 3.77. The van der Waals surface area contributed by atoms with Crippen LogP contribution in [0.1, 0.15) is 42.4 Å². The Kier molecular flexibility index (Phi) is 5.07. The highest BCUT2D eigenvalue weighted by Gasteiger charge is 2.26. The van der Waals surface area contributed by atoms with Gasteiger partial charge >= 0.3 is 0 Å². The van der Waals surface area contributed by atoms with E-state index in [1.54, 1.807) is 18.5 Å². The van der Waals surface area contributed by atoms with E-state index in [1.807, 2.05) is 31.2 Å². The van der Waals surface area contributed by atoms with Crippen molar-refractivity contribution in [3.63, 3.8) is 0 Å². The maximum absolute atomic E-state index is 12.3. The molecule has 0 radical (unpaired) electrons. The molecule has 0 aromatic carbocycles. The Bertz CT molecular complexity index is 970. The van der Waals surface area contributed by atoms with Crippen LogP contribution in [0.3, 0.4) is 0 Å². The summed E-state index contributed by atoms with van der Waals surface area (Å²) < 4.78 is 0. The molecule has 1 fully saturated rings. The number of nitrogens with one attached hydrogen (secondary N) is 1. The number of likely N-dealkylation sites (tertiary alicyclic amines) is 1. The molecule has 6 nitrogen and oxygen atoms in total. The fraction of sp³-hybridized carbons (Fsp3) is 0.333. The number of hydrogen-bond donors (Lipinski definition) is 1. The lowest BCUT2D eigenvalue weighted by Gasteiger charge is -2.35. The first-order chi connectivity index (χ1) is 13.2. The lowest BCUT2D eigenvalue weighted by molar-refractivity contribution is 0.135. The van der Waals surface area contributed by atoms with Gasteiger partial charge in [-0.25, -0.2) is 4.98 Å². The summed E-state index contributed by atoms with van der Waals surface area (Å²) in [6, 6.07) is 11.6. The second-order valence-electron chi connectivity index (χ2n) is 7.01. The Balaban J connectivity index is 1.65. The second-order valence-corrected chi connectivity index (χ2v) is 7.01. The molecule has 1 atom stereocenters. The normalized spacial score (nSPS) is 17.7. The molecular formula is C21H23N5O. The van der Waals surface area contributed by atoms with Gasteiger partial charge in [-0.15, -0.1) is 0 Å². The summed E-state index contributed by atoms with van der Waals surface area (Å²) in [5.41, 5.74) is 3.66. The molecule has 0 saturated carbocycles. The molecule has 0 aliphatic carbocycles. The summed E-state index contributed by atoms with van der Waals surface area (Å²) in [7, 11) is 0. The molecule has 1 N–H and O–H groups in total. The fourth-order valence-electron chi connectivity index (χ4n) is 3.70. The van der Waals surface area contributed by atoms with E-state index in [0.29, 0.717) is 5.82 Å². The van der Waals surface area contributed by atoms with Gasteiger partial charge in [0.15, 0.2) is 0 Å². The van der Waals surface area contributed by atoms with Crippen LogP contribution in [0.15, 0.2) is 53.6 Å². The van der Waals surface area contributed by atoms with Crippen molar-refractivity contribution in [3.8, 4) is 11.4 Å². The highest BCUT2D eigenvalue weighted by Crippen LogP contribution is 2.31. The highest BCUT2D eigenvalue weighted by molar-refractivity contribution is 5.53. The number of aryl methyl sites for hydroxylation is 1. The summed E-state index contributed by atoms with van der Waals surface area (Å²) >= 11 is 0. The number of rotatable bonds is 4. The summed E-state index contributed by atoms with van der Waals surface area (Å²) in [4.78, 5) is 31.0. The van der Waals surface area contributed by atoms with E-state index >= 15 is 0 Å². The monoisotopic (exact) mass is 361 g/mol. The molecule has 138 valence electrons. The van der Waals surface area contributed by atoms with Gasteiger partial charge in [-0.3, -0.25) is 19.7 Å². The van der Waals surface area contributed by atoms with Gasteiger partial charge in [-0.05, 0) is 50.6 Å². The lowest BCUT2D eigenvalue weighted by atomic mass is 9.98. The van der Waals surface area contributed by atoms with Gasteiger partial charge in [0.05, 0.1) is 17.4 Å². The third-order valence-corrected chi connectivity index (χ3v) is 4.98. The average Bonchev–Trinajstić information content (AvgIpc) is 2.69. The van der Waals surface area contributed by atoms with Crippen LogP contribution in [-0.4, -0.2) is 31.4 Å². The van der Waals surface area contributed by atoms with Gasteiger partial charge in [-0.1, -0.05) is 12.5 Å². The van der Waals surface area contributed by atoms with Crippen LogP contribution in [-0.2, 0) is 6.54 Å². The maximum Gasteiger partial charge on any atom is 0.251 e. The van der Waals surface area contributed by atoms with Crippen LogP contribution in [0.2, 0.25) is 0 Å². The molecule has 1 aliphatic heterocycles. The van der Waals surface area contributed by atoms with Crippen molar-refractivity contribution in [1.29, 1.82) is 0 Å². The molecule has 0 amide bonds. The molecule has 0 spiro atoms. The van der Waals surface area contributed by atoms with Gasteiger partial charge in [0.2, 0.25) is 0 Å². The number of hydrogen-bond acceptors (Lipinski definition) is 5. The van der Waals surface area contributed by atoms with Crippen LogP contribution in [0.25, 0.3) is 11.4 Å². The molecule has 4 rings (SSSR count). The third-order valence-electron chi connectivity index (χ3n) is 4.98.